The second-order valence-electron chi connectivity index (χ2n) is 12.6. The van der Waals surface area contributed by atoms with Gasteiger partial charge in [0.25, 0.3) is 0 Å². The van der Waals surface area contributed by atoms with Gasteiger partial charge in [-0.1, -0.05) is 23.7 Å². The Kier molecular flexibility index (Phi) is 9.90. The summed E-state index contributed by atoms with van der Waals surface area (Å²) >= 11 is 8.21. The number of halogens is 2. The Bertz CT molecular complexity index is 1890. The van der Waals surface area contributed by atoms with Gasteiger partial charge in [0.15, 0.2) is 0 Å². The van der Waals surface area contributed by atoms with Crippen LogP contribution in [0.25, 0.3) is 20.7 Å². The minimum atomic E-state index is -0.524. The van der Waals surface area contributed by atoms with E-state index in [1.165, 1.54) is 17.7 Å². The number of fused-ring (bicyclic) bond motifs is 5. The summed E-state index contributed by atoms with van der Waals surface area (Å²) in [6.07, 6.45) is 5.23. The van der Waals surface area contributed by atoms with Crippen molar-refractivity contribution in [2.24, 2.45) is 0 Å². The van der Waals surface area contributed by atoms with Gasteiger partial charge in [-0.3, -0.25) is 9.58 Å². The van der Waals surface area contributed by atoms with E-state index in [2.05, 4.69) is 31.3 Å². The molecule has 2 aromatic carbocycles. The molecular weight excluding hydrogens is 653 g/mol. The lowest BCUT2D eigenvalue weighted by molar-refractivity contribution is 0.0578. The molecule has 0 radical (unpaired) electrons. The first kappa shape index (κ1) is 32.9. The van der Waals surface area contributed by atoms with Crippen LogP contribution in [0.3, 0.4) is 0 Å². The van der Waals surface area contributed by atoms with Gasteiger partial charge in [-0.15, -0.1) is 11.3 Å². The van der Waals surface area contributed by atoms with Gasteiger partial charge >= 0.3 is 0 Å². The van der Waals surface area contributed by atoms with Gasteiger partial charge in [0.1, 0.15) is 35.1 Å². The standard InChI is InChI=1S/C35H39ClFN7O3S/c1-22(45)9-10-42-11-13-43(14-12-42)17-26(46)18-44-19-28-30(41-44)7-6-27-32-34(38-21-39-35(32)48-33(27)28)40-25-5-8-31(29(36)16-25)47-20-23-3-2-4-24(37)15-23/h2-5,8,15-16,19,21-22,26,45-46H,6-7,9-14,17-18,20H2,1H3,(H,38,39,40)/t22?,26-/m1/s1. The number of nitrogens with one attached hydrogen (secondary N) is 1. The third-order valence-electron chi connectivity index (χ3n) is 8.95. The Morgan fingerprint density at radius 2 is 1.88 bits per heavy atom. The zero-order valence-corrected chi connectivity index (χ0v) is 28.4. The number of nitrogens with zero attached hydrogens (tertiary/aromatic N) is 6. The van der Waals surface area contributed by atoms with Crippen molar-refractivity contribution in [3.05, 3.63) is 82.6 Å². The van der Waals surface area contributed by atoms with E-state index in [1.54, 1.807) is 41.9 Å². The summed E-state index contributed by atoms with van der Waals surface area (Å²) in [6, 6.07) is 11.8. The number of ether oxygens (including phenoxy) is 1. The first-order valence-corrected chi connectivity index (χ1v) is 17.6. The van der Waals surface area contributed by atoms with E-state index in [-0.39, 0.29) is 18.5 Å². The van der Waals surface area contributed by atoms with Crippen LogP contribution in [0, 0.1) is 5.82 Å². The molecule has 13 heteroatoms. The van der Waals surface area contributed by atoms with Crippen molar-refractivity contribution in [3.63, 3.8) is 0 Å². The predicted molar refractivity (Wildman–Crippen MR) is 187 cm³/mol. The summed E-state index contributed by atoms with van der Waals surface area (Å²) in [5.74, 6) is 0.909. The number of hydrogen-bond donors (Lipinski definition) is 3. The molecule has 0 amide bonds. The number of aliphatic hydroxyl groups is 2. The Hall–Kier alpha value is -3.65. The minimum absolute atomic E-state index is 0.207. The lowest BCUT2D eigenvalue weighted by Gasteiger charge is -2.35. The van der Waals surface area contributed by atoms with Crippen molar-refractivity contribution in [2.75, 3.05) is 44.6 Å². The second kappa shape index (κ2) is 14.5. The number of benzene rings is 2. The third kappa shape index (κ3) is 7.49. The Morgan fingerprint density at radius 1 is 1.04 bits per heavy atom. The van der Waals surface area contributed by atoms with Crippen LogP contribution < -0.4 is 10.1 Å². The monoisotopic (exact) mass is 691 g/mol. The summed E-state index contributed by atoms with van der Waals surface area (Å²) in [7, 11) is 0. The number of rotatable bonds is 12. The van der Waals surface area contributed by atoms with Gasteiger partial charge in [-0.2, -0.15) is 5.10 Å². The SMILES string of the molecule is CC(O)CCN1CCN(C[C@@H](O)Cn2cc3c(n2)CCc2c-3sc3ncnc(Nc4ccc(OCc5cccc(F)c5)c(Cl)c4)c23)CC1. The molecule has 1 unspecified atom stereocenters. The molecule has 1 fully saturated rings. The Labute approximate surface area is 287 Å². The number of β-amino-alcohol motifs (C(OH)–C–C–N with tert-alkyl or cyclic N) is 1. The Morgan fingerprint density at radius 3 is 2.67 bits per heavy atom. The molecule has 3 N–H and O–H groups in total. The number of aliphatic hydroxyl groups excluding tert-OH is 2. The largest absolute Gasteiger partial charge is 0.487 e. The lowest BCUT2D eigenvalue weighted by Crippen LogP contribution is -2.49. The number of aryl methyl sites for hydroxylation is 2. The van der Waals surface area contributed by atoms with E-state index in [9.17, 15) is 14.6 Å². The van der Waals surface area contributed by atoms with Crippen LogP contribution in [0.5, 0.6) is 5.75 Å². The van der Waals surface area contributed by atoms with E-state index < -0.39 is 6.10 Å². The molecule has 1 saturated heterocycles. The quantitative estimate of drug-likeness (QED) is 0.156. The van der Waals surface area contributed by atoms with Crippen LogP contribution in [0.2, 0.25) is 5.02 Å². The maximum Gasteiger partial charge on any atom is 0.142 e. The summed E-state index contributed by atoms with van der Waals surface area (Å²) < 4.78 is 21.3. The smallest absolute Gasteiger partial charge is 0.142 e. The van der Waals surface area contributed by atoms with Crippen molar-refractivity contribution in [1.82, 2.24) is 29.5 Å². The zero-order valence-electron chi connectivity index (χ0n) is 26.8. The molecule has 2 aliphatic rings. The highest BCUT2D eigenvalue weighted by Crippen LogP contribution is 2.45. The average molecular weight is 692 g/mol. The molecule has 1 aliphatic carbocycles. The fraction of sp³-hybridized carbons (Fsp3) is 0.400. The maximum atomic E-state index is 13.5. The van der Waals surface area contributed by atoms with E-state index in [0.29, 0.717) is 29.7 Å². The van der Waals surface area contributed by atoms with Crippen LogP contribution in [0.1, 0.15) is 30.2 Å². The molecule has 7 rings (SSSR count). The third-order valence-corrected chi connectivity index (χ3v) is 10.4. The normalized spacial score (nSPS) is 16.4. The van der Waals surface area contributed by atoms with Crippen LogP contribution >= 0.6 is 22.9 Å². The highest BCUT2D eigenvalue weighted by molar-refractivity contribution is 7.22. The first-order chi connectivity index (χ1) is 23.3. The Balaban J connectivity index is 1.01. The topological polar surface area (TPSA) is 112 Å². The zero-order chi connectivity index (χ0) is 33.2. The van der Waals surface area contributed by atoms with Gasteiger partial charge in [0, 0.05) is 61.6 Å². The fourth-order valence-electron chi connectivity index (χ4n) is 6.47. The molecule has 4 heterocycles. The lowest BCUT2D eigenvalue weighted by atomic mass is 9.95. The molecule has 2 atom stereocenters. The maximum absolute atomic E-state index is 13.5. The number of anilines is 2. The molecule has 0 spiro atoms. The van der Waals surface area contributed by atoms with Crippen LogP contribution in [-0.2, 0) is 26.0 Å². The molecule has 3 aromatic heterocycles. The number of piperazine rings is 1. The van der Waals surface area contributed by atoms with E-state index in [0.717, 1.165) is 89.6 Å². The van der Waals surface area contributed by atoms with E-state index in [4.69, 9.17) is 21.4 Å². The number of thiophene rings is 1. The summed E-state index contributed by atoms with van der Waals surface area (Å²) in [6.45, 7) is 7.72. The molecular formula is C35H39ClFN7O3S. The van der Waals surface area contributed by atoms with Crippen molar-refractivity contribution in [1.29, 1.82) is 0 Å². The van der Waals surface area contributed by atoms with E-state index in [1.807, 2.05) is 17.7 Å². The molecule has 1 aliphatic heterocycles. The van der Waals surface area contributed by atoms with Crippen molar-refractivity contribution in [2.45, 2.75) is 51.5 Å². The highest BCUT2D eigenvalue weighted by atomic mass is 35.5. The van der Waals surface area contributed by atoms with Crippen molar-refractivity contribution < 1.29 is 19.3 Å². The highest BCUT2D eigenvalue weighted by Gasteiger charge is 2.27. The summed E-state index contributed by atoms with van der Waals surface area (Å²) in [5, 5.41) is 30.3. The van der Waals surface area contributed by atoms with Crippen molar-refractivity contribution in [3.8, 4) is 16.2 Å². The van der Waals surface area contributed by atoms with Gasteiger partial charge in [-0.25, -0.2) is 14.4 Å². The second-order valence-corrected chi connectivity index (χ2v) is 14.1. The van der Waals surface area contributed by atoms with Crippen LogP contribution in [0.15, 0.2) is 55.0 Å². The minimum Gasteiger partial charge on any atom is -0.487 e. The number of aromatic nitrogens is 4. The summed E-state index contributed by atoms with van der Waals surface area (Å²) in [5.41, 5.74) is 4.81. The molecule has 0 saturated carbocycles. The molecule has 10 nitrogen and oxygen atoms in total. The summed E-state index contributed by atoms with van der Waals surface area (Å²) in [4.78, 5) is 15.9. The molecule has 48 heavy (non-hydrogen) atoms. The molecule has 0 bridgehead atoms. The fourth-order valence-corrected chi connectivity index (χ4v) is 7.93. The molecule has 5 aromatic rings. The van der Waals surface area contributed by atoms with Crippen LogP contribution in [-0.4, -0.2) is 91.2 Å². The van der Waals surface area contributed by atoms with Gasteiger partial charge < -0.3 is 25.2 Å². The number of hydrogen-bond acceptors (Lipinski definition) is 10. The average Bonchev–Trinajstić information content (AvgIpc) is 3.65. The van der Waals surface area contributed by atoms with Gasteiger partial charge in [0.05, 0.1) is 34.9 Å². The van der Waals surface area contributed by atoms with Crippen LogP contribution in [0.4, 0.5) is 15.9 Å². The molecule has 252 valence electrons. The van der Waals surface area contributed by atoms with Crippen molar-refractivity contribution >= 4 is 44.7 Å². The van der Waals surface area contributed by atoms with E-state index >= 15 is 0 Å². The first-order valence-electron chi connectivity index (χ1n) is 16.4. The predicted octanol–water partition coefficient (Wildman–Crippen LogP) is 5.52. The van der Waals surface area contributed by atoms with Gasteiger partial charge in [0.2, 0.25) is 0 Å². The van der Waals surface area contributed by atoms with Gasteiger partial charge in [-0.05, 0) is 67.6 Å².